The normalized spacial score (nSPS) is 11.5. The number of carbonyl (C=O) groups is 1. The fourth-order valence-electron chi connectivity index (χ4n) is 0.725. The van der Waals surface area contributed by atoms with E-state index < -0.39 is 12.6 Å². The lowest BCUT2D eigenvalue weighted by Crippen LogP contribution is -2.12. The minimum absolute atomic E-state index is 0.110. The number of hydrogen-bond donors (Lipinski definition) is 2. The molecule has 0 amide bonds. The number of aliphatic hydroxyl groups is 2. The maximum Gasteiger partial charge on any atom is 0.336 e. The molecule has 0 aliphatic rings. The van der Waals surface area contributed by atoms with Gasteiger partial charge in [0.1, 0.15) is 0 Å². The van der Waals surface area contributed by atoms with Crippen molar-refractivity contribution in [2.75, 3.05) is 19.8 Å². The van der Waals surface area contributed by atoms with E-state index in [9.17, 15) is 4.79 Å². The SMILES string of the molecule is CCCCOC(=O)C(=CCO)CO. The Bertz CT molecular complexity index is 174. The number of aliphatic hydroxyl groups excluding tert-OH is 2. The van der Waals surface area contributed by atoms with Gasteiger partial charge in [-0.2, -0.15) is 0 Å². The average Bonchev–Trinajstić information content (AvgIpc) is 2.14. The predicted molar refractivity (Wildman–Crippen MR) is 48.1 cm³/mol. The highest BCUT2D eigenvalue weighted by Gasteiger charge is 2.08. The fraction of sp³-hybridized carbons (Fsp3) is 0.667. The third-order valence-electron chi connectivity index (χ3n) is 1.50. The number of rotatable bonds is 6. The maximum absolute atomic E-state index is 11.1. The zero-order chi connectivity index (χ0) is 10.1. The standard InChI is InChI=1S/C9H16O4/c1-2-3-6-13-9(12)8(7-11)4-5-10/h4,10-11H,2-3,5-7H2,1H3. The van der Waals surface area contributed by atoms with Crippen LogP contribution in [0, 0.1) is 0 Å². The summed E-state index contributed by atoms with van der Waals surface area (Å²) in [5, 5.41) is 17.2. The second-order valence-electron chi connectivity index (χ2n) is 2.56. The van der Waals surface area contributed by atoms with Gasteiger partial charge in [-0.1, -0.05) is 13.3 Å². The van der Waals surface area contributed by atoms with E-state index in [4.69, 9.17) is 14.9 Å². The van der Waals surface area contributed by atoms with Crippen LogP contribution in [0.1, 0.15) is 19.8 Å². The molecular formula is C9H16O4. The van der Waals surface area contributed by atoms with E-state index in [1.807, 2.05) is 6.92 Å². The van der Waals surface area contributed by atoms with E-state index in [1.54, 1.807) is 0 Å². The van der Waals surface area contributed by atoms with Crippen LogP contribution >= 0.6 is 0 Å². The number of ether oxygens (including phenoxy) is 1. The number of hydrogen-bond acceptors (Lipinski definition) is 4. The van der Waals surface area contributed by atoms with Crippen molar-refractivity contribution >= 4 is 5.97 Å². The zero-order valence-corrected chi connectivity index (χ0v) is 7.82. The lowest BCUT2D eigenvalue weighted by Gasteiger charge is -2.04. The highest BCUT2D eigenvalue weighted by molar-refractivity contribution is 5.88. The molecule has 0 heterocycles. The van der Waals surface area contributed by atoms with Crippen LogP contribution in [-0.4, -0.2) is 36.0 Å². The summed E-state index contributed by atoms with van der Waals surface area (Å²) in [6, 6.07) is 0. The highest BCUT2D eigenvalue weighted by atomic mass is 16.5. The minimum atomic E-state index is -0.551. The molecule has 0 fully saturated rings. The van der Waals surface area contributed by atoms with Crippen LogP contribution in [0.2, 0.25) is 0 Å². The van der Waals surface area contributed by atoms with Crippen LogP contribution in [0.25, 0.3) is 0 Å². The Balaban J connectivity index is 3.85. The van der Waals surface area contributed by atoms with Crippen molar-refractivity contribution in [3.8, 4) is 0 Å². The van der Waals surface area contributed by atoms with Crippen molar-refractivity contribution < 1.29 is 19.7 Å². The first-order chi connectivity index (χ1) is 6.26. The molecule has 0 rings (SSSR count). The van der Waals surface area contributed by atoms with Gasteiger partial charge in [0.15, 0.2) is 0 Å². The third kappa shape index (κ3) is 5.38. The Labute approximate surface area is 77.8 Å². The Morgan fingerprint density at radius 1 is 1.46 bits per heavy atom. The molecule has 0 saturated carbocycles. The zero-order valence-electron chi connectivity index (χ0n) is 7.82. The van der Waals surface area contributed by atoms with E-state index in [2.05, 4.69) is 0 Å². The van der Waals surface area contributed by atoms with Crippen molar-refractivity contribution in [3.05, 3.63) is 11.6 Å². The van der Waals surface area contributed by atoms with Crippen molar-refractivity contribution in [3.63, 3.8) is 0 Å². The molecule has 0 aromatic carbocycles. The molecule has 0 aromatic rings. The second kappa shape index (κ2) is 7.76. The Morgan fingerprint density at radius 3 is 2.62 bits per heavy atom. The summed E-state index contributed by atoms with van der Waals surface area (Å²) >= 11 is 0. The molecule has 13 heavy (non-hydrogen) atoms. The summed E-state index contributed by atoms with van der Waals surface area (Å²) in [5.41, 5.74) is 0.110. The van der Waals surface area contributed by atoms with Gasteiger partial charge in [-0.25, -0.2) is 4.79 Å². The molecule has 0 unspecified atom stereocenters. The van der Waals surface area contributed by atoms with Gasteiger partial charge < -0.3 is 14.9 Å². The molecule has 76 valence electrons. The first-order valence-electron chi connectivity index (χ1n) is 4.34. The van der Waals surface area contributed by atoms with E-state index in [0.29, 0.717) is 6.61 Å². The van der Waals surface area contributed by atoms with Gasteiger partial charge in [-0.15, -0.1) is 0 Å². The fourth-order valence-corrected chi connectivity index (χ4v) is 0.725. The van der Waals surface area contributed by atoms with Crippen LogP contribution in [0.3, 0.4) is 0 Å². The predicted octanol–water partition coefficient (Wildman–Crippen LogP) is 0.241. The third-order valence-corrected chi connectivity index (χ3v) is 1.50. The number of unbranched alkanes of at least 4 members (excludes halogenated alkanes) is 1. The van der Waals surface area contributed by atoms with Crippen molar-refractivity contribution in [1.29, 1.82) is 0 Å². The van der Waals surface area contributed by atoms with Crippen molar-refractivity contribution in [2.24, 2.45) is 0 Å². The Hall–Kier alpha value is -0.870. The summed E-state index contributed by atoms with van der Waals surface area (Å²) in [6.07, 6.45) is 3.00. The van der Waals surface area contributed by atoms with Gasteiger partial charge in [0, 0.05) is 0 Å². The summed E-state index contributed by atoms with van der Waals surface area (Å²) in [6.45, 7) is 1.69. The molecule has 0 saturated heterocycles. The summed E-state index contributed by atoms with van der Waals surface area (Å²) in [5.74, 6) is -0.551. The topological polar surface area (TPSA) is 66.8 Å². The molecule has 0 bridgehead atoms. The van der Waals surface area contributed by atoms with Crippen LogP contribution in [0.5, 0.6) is 0 Å². The molecule has 0 aliphatic heterocycles. The molecule has 0 aromatic heterocycles. The van der Waals surface area contributed by atoms with Gasteiger partial charge >= 0.3 is 5.97 Å². The molecule has 0 radical (unpaired) electrons. The van der Waals surface area contributed by atoms with Crippen LogP contribution < -0.4 is 0 Å². The average molecular weight is 188 g/mol. The van der Waals surface area contributed by atoms with Gasteiger partial charge in [0.2, 0.25) is 0 Å². The molecular weight excluding hydrogens is 172 g/mol. The van der Waals surface area contributed by atoms with Crippen LogP contribution in [0.4, 0.5) is 0 Å². The van der Waals surface area contributed by atoms with Crippen molar-refractivity contribution in [1.82, 2.24) is 0 Å². The summed E-state index contributed by atoms with van der Waals surface area (Å²) in [7, 11) is 0. The van der Waals surface area contributed by atoms with Crippen LogP contribution in [-0.2, 0) is 9.53 Å². The van der Waals surface area contributed by atoms with E-state index in [0.717, 1.165) is 12.8 Å². The van der Waals surface area contributed by atoms with Crippen molar-refractivity contribution in [2.45, 2.75) is 19.8 Å². The van der Waals surface area contributed by atoms with E-state index >= 15 is 0 Å². The monoisotopic (exact) mass is 188 g/mol. The van der Waals surface area contributed by atoms with Gasteiger partial charge in [-0.3, -0.25) is 0 Å². The smallest absolute Gasteiger partial charge is 0.336 e. The molecule has 0 spiro atoms. The van der Waals surface area contributed by atoms with Gasteiger partial charge in [0.05, 0.1) is 25.4 Å². The largest absolute Gasteiger partial charge is 0.462 e. The number of carbonyl (C=O) groups excluding carboxylic acids is 1. The molecule has 4 heteroatoms. The van der Waals surface area contributed by atoms with E-state index in [-0.39, 0.29) is 12.2 Å². The molecule has 2 N–H and O–H groups in total. The van der Waals surface area contributed by atoms with Crippen LogP contribution in [0.15, 0.2) is 11.6 Å². The minimum Gasteiger partial charge on any atom is -0.462 e. The highest BCUT2D eigenvalue weighted by Crippen LogP contribution is 1.98. The van der Waals surface area contributed by atoms with E-state index in [1.165, 1.54) is 6.08 Å². The number of esters is 1. The quantitative estimate of drug-likeness (QED) is 0.356. The first kappa shape index (κ1) is 12.1. The first-order valence-corrected chi connectivity index (χ1v) is 4.34. The van der Waals surface area contributed by atoms with Gasteiger partial charge in [-0.05, 0) is 12.5 Å². The lowest BCUT2D eigenvalue weighted by atomic mass is 10.2. The molecule has 0 aliphatic carbocycles. The van der Waals surface area contributed by atoms with Gasteiger partial charge in [0.25, 0.3) is 0 Å². The lowest BCUT2D eigenvalue weighted by molar-refractivity contribution is -0.139. The molecule has 0 atom stereocenters. The molecule has 4 nitrogen and oxygen atoms in total. The second-order valence-corrected chi connectivity index (χ2v) is 2.56. The Kier molecular flexibility index (Phi) is 7.24. The summed E-state index contributed by atoms with van der Waals surface area (Å²) in [4.78, 5) is 11.1. The maximum atomic E-state index is 11.1. The summed E-state index contributed by atoms with van der Waals surface area (Å²) < 4.78 is 4.81. The Morgan fingerprint density at radius 2 is 2.15 bits per heavy atom.